The fourth-order valence-electron chi connectivity index (χ4n) is 1.73. The van der Waals surface area contributed by atoms with Crippen LogP contribution in [0.2, 0.25) is 0 Å². The summed E-state index contributed by atoms with van der Waals surface area (Å²) in [5, 5.41) is 0. The number of amides is 2. The first-order chi connectivity index (χ1) is 9.19. The van der Waals surface area contributed by atoms with E-state index in [4.69, 9.17) is 9.47 Å². The fourth-order valence-corrected chi connectivity index (χ4v) is 1.73. The van der Waals surface area contributed by atoms with Crippen LogP contribution in [-0.2, 0) is 9.47 Å². The molecule has 2 amide bonds. The Hall–Kier alpha value is -1.46. The average molecular weight is 286 g/mol. The number of carbonyl (C=O) groups is 2. The molecule has 20 heavy (non-hydrogen) atoms. The van der Waals surface area contributed by atoms with E-state index in [0.29, 0.717) is 38.7 Å². The summed E-state index contributed by atoms with van der Waals surface area (Å²) >= 11 is 0. The van der Waals surface area contributed by atoms with Crippen LogP contribution in [0.5, 0.6) is 0 Å². The first kappa shape index (κ1) is 16.6. The normalized spacial score (nSPS) is 16.3. The van der Waals surface area contributed by atoms with E-state index in [0.717, 1.165) is 0 Å². The van der Waals surface area contributed by atoms with Gasteiger partial charge in [-0.3, -0.25) is 0 Å². The fraction of sp³-hybridized carbons (Fsp3) is 0.857. The molecule has 0 bridgehead atoms. The SMILES string of the molecule is CC(C)COC(=O)N1CCN(C(=O)OC(C)(C)C)CC1. The third-order valence-corrected chi connectivity index (χ3v) is 2.73. The predicted octanol–water partition coefficient (Wildman–Crippen LogP) is 2.33. The summed E-state index contributed by atoms with van der Waals surface area (Å²) in [6, 6.07) is 0. The molecule has 6 nitrogen and oxygen atoms in total. The molecule has 1 fully saturated rings. The molecular weight excluding hydrogens is 260 g/mol. The van der Waals surface area contributed by atoms with Gasteiger partial charge in [-0.15, -0.1) is 0 Å². The first-order valence-electron chi connectivity index (χ1n) is 7.08. The van der Waals surface area contributed by atoms with E-state index in [2.05, 4.69) is 0 Å². The molecule has 1 heterocycles. The lowest BCUT2D eigenvalue weighted by atomic mass is 10.2. The maximum atomic E-state index is 11.9. The van der Waals surface area contributed by atoms with Crippen molar-refractivity contribution < 1.29 is 19.1 Å². The number of carbonyl (C=O) groups excluding carboxylic acids is 2. The smallest absolute Gasteiger partial charge is 0.410 e. The minimum atomic E-state index is -0.496. The topological polar surface area (TPSA) is 59.1 Å². The Morgan fingerprint density at radius 2 is 1.45 bits per heavy atom. The molecule has 0 unspecified atom stereocenters. The van der Waals surface area contributed by atoms with Gasteiger partial charge in [0.2, 0.25) is 0 Å². The molecule has 116 valence electrons. The number of rotatable bonds is 2. The van der Waals surface area contributed by atoms with Gasteiger partial charge in [0, 0.05) is 26.2 Å². The summed E-state index contributed by atoms with van der Waals surface area (Å²) in [6.07, 6.45) is -0.629. The Morgan fingerprint density at radius 1 is 1.00 bits per heavy atom. The molecule has 0 radical (unpaired) electrons. The Kier molecular flexibility index (Phi) is 5.65. The van der Waals surface area contributed by atoms with E-state index < -0.39 is 5.60 Å². The largest absolute Gasteiger partial charge is 0.449 e. The van der Waals surface area contributed by atoms with Gasteiger partial charge in [-0.2, -0.15) is 0 Å². The molecule has 1 saturated heterocycles. The molecule has 0 spiro atoms. The number of ether oxygens (including phenoxy) is 2. The van der Waals surface area contributed by atoms with Gasteiger partial charge in [-0.25, -0.2) is 9.59 Å². The zero-order valence-electron chi connectivity index (χ0n) is 13.1. The van der Waals surface area contributed by atoms with Crippen molar-refractivity contribution in [3.05, 3.63) is 0 Å². The molecule has 0 aliphatic carbocycles. The molecule has 0 atom stereocenters. The molecule has 6 heteroatoms. The molecule has 0 saturated carbocycles. The van der Waals surface area contributed by atoms with E-state index >= 15 is 0 Å². The highest BCUT2D eigenvalue weighted by Crippen LogP contribution is 2.12. The standard InChI is InChI=1S/C14H26N2O4/c1-11(2)10-19-12(17)15-6-8-16(9-7-15)13(18)20-14(3,4)5/h11H,6-10H2,1-5H3. The molecule has 0 aromatic heterocycles. The van der Waals surface area contributed by atoms with Crippen molar-refractivity contribution in [2.24, 2.45) is 5.92 Å². The lowest BCUT2D eigenvalue weighted by molar-refractivity contribution is 0.0124. The first-order valence-corrected chi connectivity index (χ1v) is 7.08. The second-order valence-corrected chi connectivity index (χ2v) is 6.43. The molecular formula is C14H26N2O4. The Morgan fingerprint density at radius 3 is 1.85 bits per heavy atom. The van der Waals surface area contributed by atoms with E-state index in [1.54, 1.807) is 9.80 Å². The molecule has 0 aromatic carbocycles. The van der Waals surface area contributed by atoms with Crippen LogP contribution < -0.4 is 0 Å². The summed E-state index contributed by atoms with van der Waals surface area (Å²) in [5.41, 5.74) is -0.496. The van der Waals surface area contributed by atoms with Crippen molar-refractivity contribution in [1.82, 2.24) is 9.80 Å². The minimum Gasteiger partial charge on any atom is -0.449 e. The van der Waals surface area contributed by atoms with Gasteiger partial charge in [-0.1, -0.05) is 13.8 Å². The van der Waals surface area contributed by atoms with E-state index in [1.807, 2.05) is 34.6 Å². The van der Waals surface area contributed by atoms with E-state index in [9.17, 15) is 9.59 Å². The molecule has 0 aromatic rings. The van der Waals surface area contributed by atoms with Crippen LogP contribution in [0.15, 0.2) is 0 Å². The zero-order valence-corrected chi connectivity index (χ0v) is 13.1. The third-order valence-electron chi connectivity index (χ3n) is 2.73. The molecule has 1 rings (SSSR count). The maximum Gasteiger partial charge on any atom is 0.410 e. The van der Waals surface area contributed by atoms with Crippen molar-refractivity contribution >= 4 is 12.2 Å². The summed E-state index contributed by atoms with van der Waals surface area (Å²) in [7, 11) is 0. The lowest BCUT2D eigenvalue weighted by Gasteiger charge is -2.35. The van der Waals surface area contributed by atoms with Crippen molar-refractivity contribution in [1.29, 1.82) is 0 Å². The van der Waals surface area contributed by atoms with Gasteiger partial charge in [0.25, 0.3) is 0 Å². The number of hydrogen-bond acceptors (Lipinski definition) is 4. The van der Waals surface area contributed by atoms with Crippen LogP contribution in [-0.4, -0.2) is 60.4 Å². The third kappa shape index (κ3) is 5.67. The Balaban J connectivity index is 2.36. The van der Waals surface area contributed by atoms with Crippen molar-refractivity contribution in [2.45, 2.75) is 40.2 Å². The second kappa shape index (κ2) is 6.81. The minimum absolute atomic E-state index is 0.303. The summed E-state index contributed by atoms with van der Waals surface area (Å²) < 4.78 is 10.5. The molecule has 0 N–H and O–H groups in total. The Bertz CT molecular complexity index is 342. The van der Waals surface area contributed by atoms with E-state index in [-0.39, 0.29) is 12.2 Å². The highest BCUT2D eigenvalue weighted by Gasteiger charge is 2.28. The van der Waals surface area contributed by atoms with Crippen LogP contribution in [0.3, 0.4) is 0 Å². The second-order valence-electron chi connectivity index (χ2n) is 6.43. The quantitative estimate of drug-likeness (QED) is 0.781. The number of nitrogens with zero attached hydrogens (tertiary/aromatic N) is 2. The van der Waals surface area contributed by atoms with Crippen molar-refractivity contribution in [2.75, 3.05) is 32.8 Å². The maximum absolute atomic E-state index is 11.9. The van der Waals surface area contributed by atoms with Gasteiger partial charge < -0.3 is 19.3 Å². The van der Waals surface area contributed by atoms with Crippen molar-refractivity contribution in [3.63, 3.8) is 0 Å². The molecule has 1 aliphatic heterocycles. The summed E-state index contributed by atoms with van der Waals surface area (Å²) in [5.74, 6) is 0.321. The predicted molar refractivity (Wildman–Crippen MR) is 75.6 cm³/mol. The van der Waals surface area contributed by atoms with Gasteiger partial charge in [-0.05, 0) is 26.7 Å². The number of hydrogen-bond donors (Lipinski definition) is 0. The van der Waals surface area contributed by atoms with Gasteiger partial charge in [0.15, 0.2) is 0 Å². The van der Waals surface area contributed by atoms with Crippen LogP contribution in [0.1, 0.15) is 34.6 Å². The van der Waals surface area contributed by atoms with Crippen LogP contribution >= 0.6 is 0 Å². The summed E-state index contributed by atoms with van der Waals surface area (Å²) in [6.45, 7) is 11.8. The molecule has 1 aliphatic rings. The Labute approximate surface area is 121 Å². The van der Waals surface area contributed by atoms with Gasteiger partial charge in [0.1, 0.15) is 5.60 Å². The van der Waals surface area contributed by atoms with Crippen molar-refractivity contribution in [3.8, 4) is 0 Å². The summed E-state index contributed by atoms with van der Waals surface area (Å²) in [4.78, 5) is 26.9. The average Bonchev–Trinajstić information content (AvgIpc) is 2.34. The highest BCUT2D eigenvalue weighted by atomic mass is 16.6. The van der Waals surface area contributed by atoms with Gasteiger partial charge in [0.05, 0.1) is 6.61 Å². The van der Waals surface area contributed by atoms with E-state index in [1.165, 1.54) is 0 Å². The highest BCUT2D eigenvalue weighted by molar-refractivity contribution is 5.70. The number of piperazine rings is 1. The van der Waals surface area contributed by atoms with Crippen LogP contribution in [0.4, 0.5) is 9.59 Å². The van der Waals surface area contributed by atoms with Gasteiger partial charge >= 0.3 is 12.2 Å². The monoisotopic (exact) mass is 286 g/mol. The van der Waals surface area contributed by atoms with Crippen LogP contribution in [0, 0.1) is 5.92 Å². The lowest BCUT2D eigenvalue weighted by Crippen LogP contribution is -2.51. The zero-order chi connectivity index (χ0) is 15.3. The van der Waals surface area contributed by atoms with Crippen LogP contribution in [0.25, 0.3) is 0 Å².